The van der Waals surface area contributed by atoms with Crippen molar-refractivity contribution in [2.75, 3.05) is 6.61 Å². The van der Waals surface area contributed by atoms with E-state index in [0.29, 0.717) is 12.4 Å². The average molecular weight is 225 g/mol. The van der Waals surface area contributed by atoms with Crippen molar-refractivity contribution in [3.05, 3.63) is 29.6 Å². The zero-order chi connectivity index (χ0) is 12.0. The Hall–Kier alpha value is -1.09. The fraction of sp³-hybridized carbons (Fsp3) is 0.538. The number of hydrogen-bond donors (Lipinski definition) is 1. The second-order valence-electron chi connectivity index (χ2n) is 4.03. The van der Waals surface area contributed by atoms with Crippen molar-refractivity contribution in [3.63, 3.8) is 0 Å². The largest absolute Gasteiger partial charge is 0.493 e. The van der Waals surface area contributed by atoms with Crippen LogP contribution in [0.15, 0.2) is 18.2 Å². The molecule has 0 heterocycles. The van der Waals surface area contributed by atoms with Crippen LogP contribution in [0, 0.1) is 5.82 Å². The van der Waals surface area contributed by atoms with Crippen molar-refractivity contribution in [1.82, 2.24) is 0 Å². The van der Waals surface area contributed by atoms with Gasteiger partial charge in [0.05, 0.1) is 6.61 Å². The van der Waals surface area contributed by atoms with Crippen LogP contribution in [0.3, 0.4) is 0 Å². The molecule has 0 aliphatic rings. The van der Waals surface area contributed by atoms with Gasteiger partial charge in [0.15, 0.2) is 0 Å². The van der Waals surface area contributed by atoms with E-state index in [9.17, 15) is 4.39 Å². The molecule has 0 saturated carbocycles. The van der Waals surface area contributed by atoms with E-state index in [1.54, 1.807) is 6.07 Å². The first-order valence-electron chi connectivity index (χ1n) is 5.83. The van der Waals surface area contributed by atoms with Gasteiger partial charge in [-0.3, -0.25) is 0 Å². The molecule has 1 aromatic carbocycles. The molecule has 0 bridgehead atoms. The molecule has 1 atom stereocenters. The Labute approximate surface area is 96.6 Å². The summed E-state index contributed by atoms with van der Waals surface area (Å²) in [5.74, 6) is 0.431. The first kappa shape index (κ1) is 13.0. The summed E-state index contributed by atoms with van der Waals surface area (Å²) in [5.41, 5.74) is 6.50. The van der Waals surface area contributed by atoms with Crippen LogP contribution in [0.5, 0.6) is 5.75 Å². The molecule has 3 heteroatoms. The number of hydrogen-bond acceptors (Lipinski definition) is 2. The maximum absolute atomic E-state index is 13.0. The van der Waals surface area contributed by atoms with Crippen LogP contribution in [-0.4, -0.2) is 6.61 Å². The molecule has 0 radical (unpaired) electrons. The molecule has 1 rings (SSSR count). The SMILES string of the molecule is CCCCCOc1ccc(F)cc1[C@H](C)N. The van der Waals surface area contributed by atoms with Gasteiger partial charge in [-0.05, 0) is 31.5 Å². The molecule has 0 unspecified atom stereocenters. The summed E-state index contributed by atoms with van der Waals surface area (Å²) in [4.78, 5) is 0. The van der Waals surface area contributed by atoms with Crippen LogP contribution < -0.4 is 10.5 Å². The van der Waals surface area contributed by atoms with Gasteiger partial charge in [-0.2, -0.15) is 0 Å². The van der Waals surface area contributed by atoms with Crippen molar-refractivity contribution in [3.8, 4) is 5.75 Å². The highest BCUT2D eigenvalue weighted by molar-refractivity contribution is 5.36. The molecule has 2 N–H and O–H groups in total. The third kappa shape index (κ3) is 3.81. The Morgan fingerprint density at radius 1 is 1.38 bits per heavy atom. The Kier molecular flexibility index (Phi) is 5.26. The van der Waals surface area contributed by atoms with E-state index in [-0.39, 0.29) is 11.9 Å². The zero-order valence-corrected chi connectivity index (χ0v) is 10.0. The van der Waals surface area contributed by atoms with Crippen molar-refractivity contribution in [1.29, 1.82) is 0 Å². The summed E-state index contributed by atoms with van der Waals surface area (Å²) in [7, 11) is 0. The van der Waals surface area contributed by atoms with Crippen LogP contribution in [0.4, 0.5) is 4.39 Å². The van der Waals surface area contributed by atoms with Crippen molar-refractivity contribution >= 4 is 0 Å². The lowest BCUT2D eigenvalue weighted by molar-refractivity contribution is 0.301. The number of unbranched alkanes of at least 4 members (excludes halogenated alkanes) is 2. The molecule has 0 saturated heterocycles. The Balaban J connectivity index is 2.64. The van der Waals surface area contributed by atoms with Gasteiger partial charge < -0.3 is 10.5 Å². The Bertz CT molecular complexity index is 326. The predicted octanol–water partition coefficient (Wildman–Crippen LogP) is 3.41. The van der Waals surface area contributed by atoms with Crippen LogP contribution in [0.1, 0.15) is 44.7 Å². The topological polar surface area (TPSA) is 35.2 Å². The van der Waals surface area contributed by atoms with Crippen molar-refractivity contribution < 1.29 is 9.13 Å². The molecule has 0 fully saturated rings. The van der Waals surface area contributed by atoms with Gasteiger partial charge >= 0.3 is 0 Å². The lowest BCUT2D eigenvalue weighted by Gasteiger charge is -2.13. The first-order chi connectivity index (χ1) is 7.65. The smallest absolute Gasteiger partial charge is 0.124 e. The molecular formula is C13H20FNO. The van der Waals surface area contributed by atoms with Gasteiger partial charge in [0.25, 0.3) is 0 Å². The standard InChI is InChI=1S/C13H20FNO/c1-3-4-5-8-16-13-7-6-11(14)9-12(13)10(2)15/h6-7,9-10H,3-5,8,15H2,1-2H3/t10-/m0/s1. The maximum atomic E-state index is 13.0. The van der Waals surface area contributed by atoms with Crippen molar-refractivity contribution in [2.45, 2.75) is 39.2 Å². The highest BCUT2D eigenvalue weighted by Gasteiger charge is 2.09. The third-order valence-electron chi connectivity index (χ3n) is 2.47. The molecule has 0 aliphatic heterocycles. The van der Waals surface area contributed by atoms with E-state index in [1.165, 1.54) is 12.1 Å². The normalized spacial score (nSPS) is 12.5. The first-order valence-corrected chi connectivity index (χ1v) is 5.83. The van der Waals surface area contributed by atoms with E-state index in [4.69, 9.17) is 10.5 Å². The minimum absolute atomic E-state index is 0.211. The lowest BCUT2D eigenvalue weighted by atomic mass is 10.1. The summed E-state index contributed by atoms with van der Waals surface area (Å²) in [5, 5.41) is 0. The number of ether oxygens (including phenoxy) is 1. The summed E-state index contributed by atoms with van der Waals surface area (Å²) in [6, 6.07) is 4.29. The van der Waals surface area contributed by atoms with Gasteiger partial charge in [-0.1, -0.05) is 19.8 Å². The molecule has 0 aliphatic carbocycles. The average Bonchev–Trinajstić information content (AvgIpc) is 2.26. The van der Waals surface area contributed by atoms with Gasteiger partial charge in [-0.25, -0.2) is 4.39 Å². The third-order valence-corrected chi connectivity index (χ3v) is 2.47. The quantitative estimate of drug-likeness (QED) is 0.753. The fourth-order valence-corrected chi connectivity index (χ4v) is 1.54. The second kappa shape index (κ2) is 6.48. The van der Waals surface area contributed by atoms with E-state index in [0.717, 1.165) is 24.8 Å². The molecule has 0 amide bonds. The Morgan fingerprint density at radius 3 is 2.75 bits per heavy atom. The summed E-state index contributed by atoms with van der Waals surface area (Å²) < 4.78 is 18.6. The molecule has 0 aromatic heterocycles. The van der Waals surface area contributed by atoms with Gasteiger partial charge in [0.1, 0.15) is 11.6 Å². The fourth-order valence-electron chi connectivity index (χ4n) is 1.54. The molecule has 0 spiro atoms. The number of rotatable bonds is 6. The highest BCUT2D eigenvalue weighted by atomic mass is 19.1. The van der Waals surface area contributed by atoms with Crippen LogP contribution >= 0.6 is 0 Å². The van der Waals surface area contributed by atoms with E-state index in [2.05, 4.69) is 6.92 Å². The van der Waals surface area contributed by atoms with Gasteiger partial charge in [-0.15, -0.1) is 0 Å². The molecule has 2 nitrogen and oxygen atoms in total. The Morgan fingerprint density at radius 2 is 2.12 bits per heavy atom. The minimum Gasteiger partial charge on any atom is -0.493 e. The highest BCUT2D eigenvalue weighted by Crippen LogP contribution is 2.24. The number of benzene rings is 1. The zero-order valence-electron chi connectivity index (χ0n) is 10.0. The van der Waals surface area contributed by atoms with Crippen LogP contribution in [0.25, 0.3) is 0 Å². The van der Waals surface area contributed by atoms with Crippen molar-refractivity contribution in [2.24, 2.45) is 5.73 Å². The molecular weight excluding hydrogens is 205 g/mol. The molecule has 90 valence electrons. The van der Waals surface area contributed by atoms with Gasteiger partial charge in [0, 0.05) is 11.6 Å². The predicted molar refractivity (Wildman–Crippen MR) is 64.0 cm³/mol. The van der Waals surface area contributed by atoms with Crippen LogP contribution in [-0.2, 0) is 0 Å². The summed E-state index contributed by atoms with van der Waals surface area (Å²) >= 11 is 0. The van der Waals surface area contributed by atoms with Gasteiger partial charge in [0.2, 0.25) is 0 Å². The lowest BCUT2D eigenvalue weighted by Crippen LogP contribution is -2.09. The summed E-state index contributed by atoms with van der Waals surface area (Å²) in [6.45, 7) is 4.64. The minimum atomic E-state index is -0.270. The number of nitrogens with two attached hydrogens (primary N) is 1. The second-order valence-corrected chi connectivity index (χ2v) is 4.03. The van der Waals surface area contributed by atoms with E-state index >= 15 is 0 Å². The monoisotopic (exact) mass is 225 g/mol. The molecule has 1 aromatic rings. The van der Waals surface area contributed by atoms with E-state index in [1.807, 2.05) is 6.92 Å². The summed E-state index contributed by atoms with van der Waals surface area (Å²) in [6.07, 6.45) is 3.33. The van der Waals surface area contributed by atoms with E-state index < -0.39 is 0 Å². The van der Waals surface area contributed by atoms with Crippen LogP contribution in [0.2, 0.25) is 0 Å². The maximum Gasteiger partial charge on any atom is 0.124 e. The number of halogens is 1. The molecule has 16 heavy (non-hydrogen) atoms.